The van der Waals surface area contributed by atoms with Gasteiger partial charge >= 0.3 is 0 Å². The van der Waals surface area contributed by atoms with Gasteiger partial charge in [-0.1, -0.05) is 6.92 Å². The first-order valence-corrected chi connectivity index (χ1v) is 6.40. The molecule has 4 N–H and O–H groups in total. The maximum absolute atomic E-state index is 12.2. The average Bonchev–Trinajstić information content (AvgIpc) is 2.96. The van der Waals surface area contributed by atoms with Crippen molar-refractivity contribution in [1.82, 2.24) is 15.1 Å². The van der Waals surface area contributed by atoms with Crippen LogP contribution in [0.1, 0.15) is 35.9 Å². The first-order valence-electron chi connectivity index (χ1n) is 6.40. The molecule has 18 heavy (non-hydrogen) atoms. The predicted molar refractivity (Wildman–Crippen MR) is 68.1 cm³/mol. The number of carbonyl (C=O) groups is 1. The number of aromatic amines is 1. The second kappa shape index (κ2) is 5.39. The number of nitrogens with zero attached hydrogens (tertiary/aromatic N) is 2. The molecule has 1 aliphatic rings. The predicted octanol–water partition coefficient (Wildman–Crippen LogP) is 0.399. The summed E-state index contributed by atoms with van der Waals surface area (Å²) in [5.41, 5.74) is 7.50. The fourth-order valence-corrected chi connectivity index (χ4v) is 2.40. The molecule has 1 amide bonds. The number of rotatable bonds is 4. The van der Waals surface area contributed by atoms with Crippen LogP contribution in [0.5, 0.6) is 0 Å². The molecular formula is C12H20N4O2. The Balaban J connectivity index is 2.05. The summed E-state index contributed by atoms with van der Waals surface area (Å²) in [6.07, 6.45) is 2.43. The fourth-order valence-electron chi connectivity index (χ4n) is 2.40. The van der Waals surface area contributed by atoms with Crippen LogP contribution < -0.4 is 5.73 Å². The Morgan fingerprint density at radius 1 is 1.67 bits per heavy atom. The van der Waals surface area contributed by atoms with Crippen LogP contribution in [0.15, 0.2) is 0 Å². The summed E-state index contributed by atoms with van der Waals surface area (Å²) < 4.78 is 0. The van der Waals surface area contributed by atoms with Crippen LogP contribution >= 0.6 is 0 Å². The van der Waals surface area contributed by atoms with Crippen molar-refractivity contribution >= 4 is 11.6 Å². The monoisotopic (exact) mass is 252 g/mol. The van der Waals surface area contributed by atoms with Crippen LogP contribution in [0, 0.1) is 5.92 Å². The molecule has 1 aliphatic heterocycles. The molecule has 1 atom stereocenters. The van der Waals surface area contributed by atoms with Crippen molar-refractivity contribution in [2.75, 3.05) is 25.4 Å². The summed E-state index contributed by atoms with van der Waals surface area (Å²) in [5.74, 6) is 0.286. The second-order valence-electron chi connectivity index (χ2n) is 4.74. The molecule has 2 heterocycles. The lowest BCUT2D eigenvalue weighted by Crippen LogP contribution is -2.29. The van der Waals surface area contributed by atoms with Gasteiger partial charge in [-0.15, -0.1) is 0 Å². The number of nitrogens with one attached hydrogen (secondary N) is 1. The topological polar surface area (TPSA) is 95.2 Å². The third-order valence-electron chi connectivity index (χ3n) is 3.55. The number of amides is 1. The van der Waals surface area contributed by atoms with Crippen molar-refractivity contribution in [1.29, 1.82) is 0 Å². The van der Waals surface area contributed by atoms with Gasteiger partial charge in [-0.2, -0.15) is 5.10 Å². The molecule has 0 spiro atoms. The van der Waals surface area contributed by atoms with E-state index in [-0.39, 0.29) is 12.5 Å². The maximum Gasteiger partial charge on any atom is 0.276 e. The molecule has 100 valence electrons. The third kappa shape index (κ3) is 2.33. The van der Waals surface area contributed by atoms with E-state index < -0.39 is 0 Å². The van der Waals surface area contributed by atoms with Gasteiger partial charge in [0.1, 0.15) is 0 Å². The number of nitrogen functional groups attached to an aromatic ring is 1. The van der Waals surface area contributed by atoms with Gasteiger partial charge in [0.15, 0.2) is 5.69 Å². The minimum absolute atomic E-state index is 0.108. The molecule has 0 aromatic carbocycles. The van der Waals surface area contributed by atoms with E-state index in [0.29, 0.717) is 23.8 Å². The third-order valence-corrected chi connectivity index (χ3v) is 3.55. The van der Waals surface area contributed by atoms with E-state index in [0.717, 1.165) is 31.5 Å². The van der Waals surface area contributed by atoms with E-state index in [4.69, 9.17) is 10.8 Å². The lowest BCUT2D eigenvalue weighted by molar-refractivity contribution is 0.0780. The zero-order valence-electron chi connectivity index (χ0n) is 10.6. The van der Waals surface area contributed by atoms with Crippen LogP contribution in [-0.4, -0.2) is 45.8 Å². The maximum atomic E-state index is 12.2. The first kappa shape index (κ1) is 12.9. The molecule has 6 heteroatoms. The lowest BCUT2D eigenvalue weighted by atomic mass is 10.1. The molecule has 2 rings (SSSR count). The number of hydrogen-bond acceptors (Lipinski definition) is 4. The molecule has 1 aromatic heterocycles. The zero-order chi connectivity index (χ0) is 13.1. The van der Waals surface area contributed by atoms with Crippen LogP contribution in [-0.2, 0) is 6.42 Å². The number of anilines is 1. The van der Waals surface area contributed by atoms with Crippen molar-refractivity contribution in [2.24, 2.45) is 5.92 Å². The minimum atomic E-state index is -0.108. The molecule has 1 fully saturated rings. The Morgan fingerprint density at radius 3 is 3.06 bits per heavy atom. The molecule has 0 saturated carbocycles. The number of hydrogen-bond donors (Lipinski definition) is 3. The van der Waals surface area contributed by atoms with Crippen LogP contribution in [0.2, 0.25) is 0 Å². The van der Waals surface area contributed by atoms with E-state index in [9.17, 15) is 4.79 Å². The number of aliphatic hydroxyl groups excluding tert-OH is 1. The van der Waals surface area contributed by atoms with Gasteiger partial charge in [0.25, 0.3) is 5.91 Å². The highest BCUT2D eigenvalue weighted by atomic mass is 16.3. The molecule has 0 bridgehead atoms. The molecule has 1 aromatic rings. The Kier molecular flexibility index (Phi) is 3.86. The molecule has 6 nitrogen and oxygen atoms in total. The minimum Gasteiger partial charge on any atom is -0.396 e. The van der Waals surface area contributed by atoms with Crippen LogP contribution in [0.4, 0.5) is 5.69 Å². The van der Waals surface area contributed by atoms with Gasteiger partial charge < -0.3 is 15.7 Å². The van der Waals surface area contributed by atoms with Crippen LogP contribution in [0.3, 0.4) is 0 Å². The average molecular weight is 252 g/mol. The van der Waals surface area contributed by atoms with Gasteiger partial charge in [-0.3, -0.25) is 9.89 Å². The number of aliphatic hydroxyl groups is 1. The number of aromatic nitrogens is 2. The summed E-state index contributed by atoms with van der Waals surface area (Å²) in [5, 5.41) is 15.7. The van der Waals surface area contributed by atoms with E-state index in [2.05, 4.69) is 10.2 Å². The van der Waals surface area contributed by atoms with E-state index in [1.807, 2.05) is 6.92 Å². The highest BCUT2D eigenvalue weighted by Crippen LogP contribution is 2.23. The first-order chi connectivity index (χ1) is 8.67. The molecule has 0 radical (unpaired) electrons. The molecular weight excluding hydrogens is 232 g/mol. The Morgan fingerprint density at radius 2 is 2.44 bits per heavy atom. The van der Waals surface area contributed by atoms with E-state index in [1.165, 1.54) is 0 Å². The highest BCUT2D eigenvalue weighted by Gasteiger charge is 2.29. The number of likely N-dealkylation sites (tertiary alicyclic amines) is 1. The SMILES string of the molecule is CCc1[nH]nc(C(=O)N2CCC(CCO)C2)c1N. The summed E-state index contributed by atoms with van der Waals surface area (Å²) in [7, 11) is 0. The van der Waals surface area contributed by atoms with Gasteiger partial charge in [-0.25, -0.2) is 0 Å². The Hall–Kier alpha value is -1.56. The van der Waals surface area contributed by atoms with Crippen molar-refractivity contribution in [3.63, 3.8) is 0 Å². The molecule has 1 unspecified atom stereocenters. The Bertz CT molecular complexity index is 430. The second-order valence-corrected chi connectivity index (χ2v) is 4.74. The zero-order valence-corrected chi connectivity index (χ0v) is 10.6. The summed E-state index contributed by atoms with van der Waals surface area (Å²) >= 11 is 0. The number of aryl methyl sites for hydroxylation is 1. The van der Waals surface area contributed by atoms with Gasteiger partial charge in [0, 0.05) is 19.7 Å². The molecule has 0 aliphatic carbocycles. The van der Waals surface area contributed by atoms with Crippen molar-refractivity contribution < 1.29 is 9.90 Å². The van der Waals surface area contributed by atoms with Crippen LogP contribution in [0.25, 0.3) is 0 Å². The fraction of sp³-hybridized carbons (Fsp3) is 0.667. The number of H-pyrrole nitrogens is 1. The lowest BCUT2D eigenvalue weighted by Gasteiger charge is -2.15. The summed E-state index contributed by atoms with van der Waals surface area (Å²) in [6.45, 7) is 3.55. The van der Waals surface area contributed by atoms with Gasteiger partial charge in [0.05, 0.1) is 11.4 Å². The largest absolute Gasteiger partial charge is 0.396 e. The van der Waals surface area contributed by atoms with Gasteiger partial charge in [-0.05, 0) is 25.2 Å². The smallest absolute Gasteiger partial charge is 0.276 e. The van der Waals surface area contributed by atoms with E-state index >= 15 is 0 Å². The number of nitrogens with two attached hydrogens (primary N) is 1. The van der Waals surface area contributed by atoms with Crippen molar-refractivity contribution in [2.45, 2.75) is 26.2 Å². The summed E-state index contributed by atoms with van der Waals surface area (Å²) in [4.78, 5) is 14.0. The normalized spacial score (nSPS) is 19.4. The quantitative estimate of drug-likeness (QED) is 0.722. The highest BCUT2D eigenvalue weighted by molar-refractivity contribution is 5.97. The summed E-state index contributed by atoms with van der Waals surface area (Å²) in [6, 6.07) is 0. The van der Waals surface area contributed by atoms with E-state index in [1.54, 1.807) is 4.90 Å². The Labute approximate surface area is 106 Å². The van der Waals surface area contributed by atoms with Crippen molar-refractivity contribution in [3.8, 4) is 0 Å². The van der Waals surface area contributed by atoms with Crippen molar-refractivity contribution in [3.05, 3.63) is 11.4 Å². The number of carbonyl (C=O) groups excluding carboxylic acids is 1. The molecule has 1 saturated heterocycles. The standard InChI is InChI=1S/C12H20N4O2/c1-2-9-10(13)11(15-14-9)12(18)16-5-3-8(7-16)4-6-17/h8,17H,2-7,13H2,1H3,(H,14,15). The van der Waals surface area contributed by atoms with Gasteiger partial charge in [0.2, 0.25) is 0 Å².